The molecule has 120 heavy (non-hydrogen) atoms. The van der Waals surface area contributed by atoms with E-state index < -0.39 is 10.8 Å². The average molecular weight is 1550 g/mol. The maximum absolute atomic E-state index is 7.56. The Morgan fingerprint density at radius 3 is 0.825 bits per heavy atom. The van der Waals surface area contributed by atoms with Gasteiger partial charge in [0, 0.05) is 55.3 Å². The van der Waals surface area contributed by atoms with Gasteiger partial charge in [-0.3, -0.25) is 0 Å². The highest BCUT2D eigenvalue weighted by molar-refractivity contribution is 6.22. The molecule has 2 aromatic heterocycles. The average Bonchev–Trinajstić information content (AvgIpc) is 1.50. The Labute approximate surface area is 705 Å². The highest BCUT2D eigenvalue weighted by Crippen LogP contribution is 2.65. The van der Waals surface area contributed by atoms with Crippen LogP contribution in [0.25, 0.3) is 154 Å². The molecule has 0 unspecified atom stereocenters. The SMILES string of the molecule is CC(C)(C)c1ccc(-c2ccc(N(c3ccc(-c4ccc(C(C)(C)C)c5ccccc45)cc3)c3cc4c(c5c3oc3ccccc35)-c3ccc5c(c3C4(C)C)C(C)(C)c3cc(N(c4ccc(-c6ccc(C(C)(C)C)c7ccccc67)cc4)c4ccc(-c6ccc(C(C)(C)C)c7ccccc67)cc4)c4c(oc6ccccc64)c3-5)cc2)c2ccccc12. The molecule has 0 saturated heterocycles. The summed E-state index contributed by atoms with van der Waals surface area (Å²) in [6, 6.07) is 119. The molecule has 0 N–H and O–H groups in total. The van der Waals surface area contributed by atoms with Crippen molar-refractivity contribution < 1.29 is 8.83 Å². The standard InChI is InChI=1S/C116H100N2O2/c1-111(2,3)93-63-59-77(81-29-17-21-33-85(81)93)69-41-49-73(50-42-69)117(74-51-43-70(44-52-74)78-60-64-94(112(4,5)6)86-34-22-18-30-82(78)86)99-67-98-104(110-105(99)89-37-25-27-39-101(89)120-110)92-58-57-91-103-97(115(13,14)107(91)108(92)116(98,15)16)68-100(109-106(103)90-38-26-28-40-102(90)119-109)118(75-53-45-71(46-54-75)79-61-65-95(113(7,8)9)87-35-23-19-31-83(79)87)76-55-47-72(48-56-76)80-62-66-96(114(10,11)12)88-36-24-20-32-84(80)88/h17-68H,1-16H3. The Bertz CT molecular complexity index is 7180. The number of fused-ring (bicyclic) bond motifs is 19. The van der Waals surface area contributed by atoms with Crippen LogP contribution in [-0.2, 0) is 32.5 Å². The lowest BCUT2D eigenvalue weighted by molar-refractivity contribution is 0.595. The smallest absolute Gasteiger partial charge is 0.160 e. The van der Waals surface area contributed by atoms with Gasteiger partial charge in [-0.1, -0.05) is 353 Å². The maximum Gasteiger partial charge on any atom is 0.160 e. The summed E-state index contributed by atoms with van der Waals surface area (Å²) >= 11 is 0. The summed E-state index contributed by atoms with van der Waals surface area (Å²) in [7, 11) is 0. The maximum atomic E-state index is 7.56. The minimum absolute atomic E-state index is 0.0221. The van der Waals surface area contributed by atoms with Crippen molar-refractivity contribution in [1.82, 2.24) is 0 Å². The summed E-state index contributed by atoms with van der Waals surface area (Å²) in [5.41, 5.74) is 33.3. The van der Waals surface area contributed by atoms with E-state index in [-0.39, 0.29) is 21.7 Å². The Balaban J connectivity index is 0.748. The van der Waals surface area contributed by atoms with Crippen molar-refractivity contribution in [1.29, 1.82) is 0 Å². The lowest BCUT2D eigenvalue weighted by Gasteiger charge is -2.32. The van der Waals surface area contributed by atoms with Crippen LogP contribution in [0, 0.1) is 0 Å². The van der Waals surface area contributed by atoms with Crippen LogP contribution in [0.3, 0.4) is 0 Å². The lowest BCUT2D eigenvalue weighted by Crippen LogP contribution is -2.24. The fraction of sp³-hybridized carbons (Fsp3) is 0.190. The normalized spacial score (nSPS) is 13.8. The minimum Gasteiger partial charge on any atom is -0.455 e. The Morgan fingerprint density at radius 2 is 0.492 bits per heavy atom. The zero-order chi connectivity index (χ0) is 82.6. The number of benzene rings is 17. The first-order valence-electron chi connectivity index (χ1n) is 42.9. The first-order chi connectivity index (χ1) is 57.6. The third kappa shape index (κ3) is 11.5. The molecule has 0 amide bonds. The van der Waals surface area contributed by atoms with Crippen molar-refractivity contribution in [3.8, 4) is 66.8 Å². The van der Waals surface area contributed by atoms with E-state index in [0.717, 1.165) is 94.7 Å². The van der Waals surface area contributed by atoms with E-state index in [0.29, 0.717) is 0 Å². The molecule has 0 atom stereocenters. The molecule has 0 spiro atoms. The molecule has 2 heterocycles. The molecule has 17 aromatic carbocycles. The third-order valence-electron chi connectivity index (χ3n) is 26.8. The Kier molecular flexibility index (Phi) is 16.6. The molecule has 586 valence electrons. The zero-order valence-electron chi connectivity index (χ0n) is 71.7. The lowest BCUT2D eigenvalue weighted by atomic mass is 9.72. The van der Waals surface area contributed by atoms with Crippen molar-refractivity contribution >= 4 is 121 Å². The quantitative estimate of drug-likeness (QED) is 0.137. The molecule has 4 heteroatoms. The van der Waals surface area contributed by atoms with E-state index in [4.69, 9.17) is 8.83 Å². The number of rotatable bonds is 10. The Morgan fingerprint density at radius 1 is 0.233 bits per heavy atom. The number of para-hydroxylation sites is 2. The summed E-state index contributed by atoms with van der Waals surface area (Å²) < 4.78 is 15.1. The molecule has 4 nitrogen and oxygen atoms in total. The van der Waals surface area contributed by atoms with Gasteiger partial charge in [-0.25, -0.2) is 0 Å². The van der Waals surface area contributed by atoms with Crippen LogP contribution in [0.1, 0.15) is 155 Å². The molecule has 21 rings (SSSR count). The van der Waals surface area contributed by atoms with Crippen LogP contribution >= 0.6 is 0 Å². The molecule has 0 bridgehead atoms. The topological polar surface area (TPSA) is 32.8 Å². The first kappa shape index (κ1) is 74.5. The van der Waals surface area contributed by atoms with Gasteiger partial charge in [-0.15, -0.1) is 0 Å². The van der Waals surface area contributed by atoms with Crippen molar-refractivity contribution in [2.24, 2.45) is 0 Å². The summed E-state index contributed by atoms with van der Waals surface area (Å²) in [6.07, 6.45) is 0. The van der Waals surface area contributed by atoms with Crippen LogP contribution in [0.2, 0.25) is 0 Å². The van der Waals surface area contributed by atoms with Gasteiger partial charge < -0.3 is 18.6 Å². The Hall–Kier alpha value is -13.0. The van der Waals surface area contributed by atoms with Crippen molar-refractivity contribution in [3.05, 3.63) is 360 Å². The number of hydrogen-bond acceptors (Lipinski definition) is 4. The molecule has 0 aliphatic heterocycles. The predicted molar refractivity (Wildman–Crippen MR) is 512 cm³/mol. The molecular formula is C116H100N2O2. The number of nitrogens with zero attached hydrogens (tertiary/aromatic N) is 2. The summed E-state index contributed by atoms with van der Waals surface area (Å²) in [4.78, 5) is 4.98. The first-order valence-corrected chi connectivity index (χ1v) is 42.9. The number of anilines is 6. The van der Waals surface area contributed by atoms with E-state index in [9.17, 15) is 0 Å². The fourth-order valence-corrected chi connectivity index (χ4v) is 21.1. The van der Waals surface area contributed by atoms with E-state index in [1.54, 1.807) is 0 Å². The van der Waals surface area contributed by atoms with Crippen LogP contribution in [0.15, 0.2) is 324 Å². The summed E-state index contributed by atoms with van der Waals surface area (Å²) in [5, 5.41) is 14.5. The minimum atomic E-state index is -0.552. The third-order valence-corrected chi connectivity index (χ3v) is 26.8. The second-order valence-electron chi connectivity index (χ2n) is 39.1. The van der Waals surface area contributed by atoms with Gasteiger partial charge in [0.15, 0.2) is 5.58 Å². The number of furan rings is 2. The second-order valence-corrected chi connectivity index (χ2v) is 39.1. The summed E-state index contributed by atoms with van der Waals surface area (Å²) in [5.74, 6) is 0. The zero-order valence-corrected chi connectivity index (χ0v) is 71.7. The van der Waals surface area contributed by atoms with Gasteiger partial charge in [0.25, 0.3) is 0 Å². The molecule has 2 aliphatic rings. The molecule has 0 fully saturated rings. The van der Waals surface area contributed by atoms with Crippen LogP contribution in [0.4, 0.5) is 34.1 Å². The largest absolute Gasteiger partial charge is 0.455 e. The van der Waals surface area contributed by atoms with Gasteiger partial charge in [0.1, 0.15) is 16.7 Å². The van der Waals surface area contributed by atoms with Gasteiger partial charge in [-0.2, -0.15) is 0 Å². The predicted octanol–water partition coefficient (Wildman–Crippen LogP) is 33.5. The summed E-state index contributed by atoms with van der Waals surface area (Å²) in [6.45, 7) is 37.7. The van der Waals surface area contributed by atoms with E-state index >= 15 is 0 Å². The molecule has 0 radical (unpaired) electrons. The van der Waals surface area contributed by atoms with E-state index in [2.05, 4.69) is 436 Å². The van der Waals surface area contributed by atoms with Crippen LogP contribution < -0.4 is 9.80 Å². The van der Waals surface area contributed by atoms with Crippen molar-refractivity contribution in [3.63, 3.8) is 0 Å². The van der Waals surface area contributed by atoms with Gasteiger partial charge in [-0.05, 0) is 243 Å². The van der Waals surface area contributed by atoms with E-state index in [1.165, 1.54) is 138 Å². The highest BCUT2D eigenvalue weighted by atomic mass is 16.3. The fourth-order valence-electron chi connectivity index (χ4n) is 21.1. The van der Waals surface area contributed by atoms with Crippen molar-refractivity contribution in [2.45, 2.75) is 143 Å². The van der Waals surface area contributed by atoms with Gasteiger partial charge in [0.2, 0.25) is 0 Å². The molecule has 2 aliphatic carbocycles. The van der Waals surface area contributed by atoms with Crippen molar-refractivity contribution in [2.75, 3.05) is 9.80 Å². The molecule has 19 aromatic rings. The number of hydrogen-bond donors (Lipinski definition) is 0. The van der Waals surface area contributed by atoms with Crippen LogP contribution in [0.5, 0.6) is 0 Å². The van der Waals surface area contributed by atoms with Crippen LogP contribution in [-0.4, -0.2) is 0 Å². The molecular weight excluding hydrogens is 1450 g/mol. The van der Waals surface area contributed by atoms with E-state index in [1.807, 2.05) is 0 Å². The van der Waals surface area contributed by atoms with Gasteiger partial charge in [0.05, 0.1) is 16.8 Å². The van der Waals surface area contributed by atoms with Gasteiger partial charge >= 0.3 is 0 Å². The second kappa shape index (κ2) is 26.7. The highest BCUT2D eigenvalue weighted by Gasteiger charge is 2.49. The monoisotopic (exact) mass is 1550 g/mol. The molecule has 0 saturated carbocycles.